The molecule has 0 fully saturated rings. The van der Waals surface area contributed by atoms with E-state index >= 15 is 0 Å². The quantitative estimate of drug-likeness (QED) is 0.348. The van der Waals surface area contributed by atoms with Gasteiger partial charge in [0.1, 0.15) is 0 Å². The minimum atomic E-state index is -0.383. The molecule has 0 unspecified atom stereocenters. The normalized spacial score (nSPS) is 8.00. The van der Waals surface area contributed by atoms with Crippen LogP contribution in [0.4, 0.5) is 0 Å². The van der Waals surface area contributed by atoms with Crippen molar-refractivity contribution in [1.82, 2.24) is 4.98 Å². The van der Waals surface area contributed by atoms with E-state index in [1.807, 2.05) is 0 Å². The third-order valence-corrected chi connectivity index (χ3v) is 1.44. The summed E-state index contributed by atoms with van der Waals surface area (Å²) in [7, 11) is 0. The molecule has 0 saturated heterocycles. The van der Waals surface area contributed by atoms with Crippen molar-refractivity contribution < 1.29 is 56.5 Å². The van der Waals surface area contributed by atoms with Gasteiger partial charge in [0.2, 0.25) is 0 Å². The van der Waals surface area contributed by atoms with Gasteiger partial charge in [-0.3, -0.25) is 0 Å². The van der Waals surface area contributed by atoms with Crippen LogP contribution in [0.15, 0.2) is 10.9 Å². The predicted octanol–water partition coefficient (Wildman–Crippen LogP) is -2.82. The second kappa shape index (κ2) is 4.89. The summed E-state index contributed by atoms with van der Waals surface area (Å²) in [5.41, 5.74) is 1.96. The van der Waals surface area contributed by atoms with E-state index in [9.17, 15) is 5.11 Å². The Morgan fingerprint density at radius 1 is 1.78 bits per heavy atom. The number of hydrogen-bond acceptors (Lipinski definition) is 4. The molecule has 0 bridgehead atoms. The predicted molar refractivity (Wildman–Crippen MR) is 33.8 cm³/mol. The molecule has 0 radical (unpaired) electrons. The van der Waals surface area contributed by atoms with E-state index in [1.165, 1.54) is 11.3 Å². The van der Waals surface area contributed by atoms with Crippen LogP contribution in [0, 0.1) is 0 Å². The standard InChI is InChI=1S/C4H3NOS2.K/c6-4(7)3-1-8-2-5-3;/h1-2H,(H,6,7);/q;+1/p-1. The summed E-state index contributed by atoms with van der Waals surface area (Å²) in [5.74, 6) is 0. The van der Waals surface area contributed by atoms with Crippen molar-refractivity contribution in [2.24, 2.45) is 0 Å². The molecule has 0 amide bonds. The summed E-state index contributed by atoms with van der Waals surface area (Å²) in [5, 5.41) is 11.5. The molecule has 0 aromatic carbocycles. The molecule has 0 aliphatic rings. The van der Waals surface area contributed by atoms with E-state index < -0.39 is 0 Å². The summed E-state index contributed by atoms with van der Waals surface area (Å²) in [6.07, 6.45) is 0. The topological polar surface area (TPSA) is 36.0 Å². The van der Waals surface area contributed by atoms with Gasteiger partial charge in [-0.25, -0.2) is 4.98 Å². The second-order valence-electron chi connectivity index (χ2n) is 1.16. The fraction of sp³-hybridized carbons (Fsp3) is 0. The van der Waals surface area contributed by atoms with E-state index in [1.54, 1.807) is 10.9 Å². The Balaban J connectivity index is 0.000000640. The van der Waals surface area contributed by atoms with Crippen LogP contribution in [0.25, 0.3) is 0 Å². The van der Waals surface area contributed by atoms with Crippen LogP contribution in [0.3, 0.4) is 0 Å². The van der Waals surface area contributed by atoms with Gasteiger partial charge in [-0.1, -0.05) is 12.2 Å². The van der Waals surface area contributed by atoms with Crippen LogP contribution in [0.2, 0.25) is 0 Å². The van der Waals surface area contributed by atoms with Crippen LogP contribution >= 0.6 is 23.6 Å². The van der Waals surface area contributed by atoms with Gasteiger partial charge in [0.15, 0.2) is 0 Å². The van der Waals surface area contributed by atoms with Gasteiger partial charge in [-0.05, 0) is 5.05 Å². The zero-order valence-corrected chi connectivity index (χ0v) is 9.58. The molecule has 1 heterocycles. The molecule has 0 spiro atoms. The molecule has 1 aromatic heterocycles. The molecule has 0 aliphatic carbocycles. The fourth-order valence-electron chi connectivity index (χ4n) is 0.313. The average Bonchev–Trinajstić information content (AvgIpc) is 2.12. The van der Waals surface area contributed by atoms with E-state index in [-0.39, 0.29) is 56.4 Å². The molecular formula is C4H2KNOS2. The Morgan fingerprint density at radius 3 is 2.67 bits per heavy atom. The van der Waals surface area contributed by atoms with Gasteiger partial charge in [0.25, 0.3) is 0 Å². The zero-order valence-electron chi connectivity index (χ0n) is 4.83. The number of aromatic nitrogens is 1. The van der Waals surface area contributed by atoms with Crippen LogP contribution in [-0.2, 0) is 0 Å². The summed E-state index contributed by atoms with van der Waals surface area (Å²) >= 11 is 5.67. The largest absolute Gasteiger partial charge is 1.00 e. The SMILES string of the molecule is [K+].[O-]C(=S)c1cscn1. The average molecular weight is 183 g/mol. The molecular weight excluding hydrogens is 181 g/mol. The number of thiazole rings is 1. The molecule has 9 heavy (non-hydrogen) atoms. The zero-order chi connectivity index (χ0) is 5.98. The molecule has 1 rings (SSSR count). The van der Waals surface area contributed by atoms with Gasteiger partial charge in [0.05, 0.1) is 11.2 Å². The van der Waals surface area contributed by atoms with Gasteiger partial charge >= 0.3 is 51.4 Å². The second-order valence-corrected chi connectivity index (χ2v) is 2.25. The van der Waals surface area contributed by atoms with Crippen molar-refractivity contribution in [1.29, 1.82) is 0 Å². The molecule has 0 saturated carbocycles. The maximum atomic E-state index is 10.3. The van der Waals surface area contributed by atoms with Crippen molar-refractivity contribution in [3.05, 3.63) is 16.6 Å². The summed E-state index contributed by atoms with van der Waals surface area (Å²) in [6, 6.07) is 0. The molecule has 0 N–H and O–H groups in total. The van der Waals surface area contributed by atoms with Crippen molar-refractivity contribution in [3.8, 4) is 0 Å². The van der Waals surface area contributed by atoms with Crippen LogP contribution in [0.5, 0.6) is 0 Å². The third kappa shape index (κ3) is 3.17. The number of nitrogens with zero attached hydrogens (tertiary/aromatic N) is 1. The monoisotopic (exact) mass is 183 g/mol. The Labute approximate surface area is 105 Å². The minimum Gasteiger partial charge on any atom is -0.863 e. The first-order chi connectivity index (χ1) is 3.80. The van der Waals surface area contributed by atoms with Crippen LogP contribution in [0.1, 0.15) is 5.69 Å². The maximum absolute atomic E-state index is 10.3. The van der Waals surface area contributed by atoms with Crippen LogP contribution in [-0.4, -0.2) is 10.0 Å². The van der Waals surface area contributed by atoms with Crippen molar-refractivity contribution in [2.75, 3.05) is 0 Å². The molecule has 5 heteroatoms. The van der Waals surface area contributed by atoms with Gasteiger partial charge in [0, 0.05) is 5.38 Å². The van der Waals surface area contributed by atoms with E-state index in [4.69, 9.17) is 0 Å². The molecule has 0 aliphatic heterocycles. The smallest absolute Gasteiger partial charge is 0.863 e. The van der Waals surface area contributed by atoms with Gasteiger partial charge < -0.3 is 5.11 Å². The Morgan fingerprint density at radius 2 is 2.44 bits per heavy atom. The summed E-state index contributed by atoms with van der Waals surface area (Å²) in [4.78, 5) is 3.68. The fourth-order valence-corrected chi connectivity index (χ4v) is 1.03. The Hall–Kier alpha value is 1.16. The Kier molecular flexibility index (Phi) is 5.52. The number of hydrogen-bond donors (Lipinski definition) is 0. The van der Waals surface area contributed by atoms with E-state index in [2.05, 4.69) is 17.2 Å². The molecule has 42 valence electrons. The first kappa shape index (κ1) is 10.2. The van der Waals surface area contributed by atoms with Crippen LogP contribution < -0.4 is 56.5 Å². The third-order valence-electron chi connectivity index (χ3n) is 0.641. The Bertz CT molecular complexity index is 186. The minimum absolute atomic E-state index is 0. The first-order valence-corrected chi connectivity index (χ1v) is 3.25. The first-order valence-electron chi connectivity index (χ1n) is 1.90. The van der Waals surface area contributed by atoms with Crippen molar-refractivity contribution in [2.45, 2.75) is 0 Å². The summed E-state index contributed by atoms with van der Waals surface area (Å²) in [6.45, 7) is 0. The van der Waals surface area contributed by atoms with Gasteiger partial charge in [-0.15, -0.1) is 11.3 Å². The maximum Gasteiger partial charge on any atom is 1.00 e. The number of thiocarbonyl (C=S) groups is 1. The molecule has 0 atom stereocenters. The van der Waals surface area contributed by atoms with E-state index in [0.717, 1.165) is 0 Å². The molecule has 2 nitrogen and oxygen atoms in total. The van der Waals surface area contributed by atoms with Gasteiger partial charge in [-0.2, -0.15) is 0 Å². The molecule has 1 aromatic rings. The number of rotatable bonds is 1. The van der Waals surface area contributed by atoms with E-state index in [0.29, 0.717) is 5.69 Å². The van der Waals surface area contributed by atoms with Crippen molar-refractivity contribution in [3.63, 3.8) is 0 Å². The van der Waals surface area contributed by atoms with Crippen molar-refractivity contribution >= 4 is 28.6 Å². The summed E-state index contributed by atoms with van der Waals surface area (Å²) < 4.78 is 0.